The van der Waals surface area contributed by atoms with Crippen LogP contribution < -0.4 is 5.32 Å². The zero-order chi connectivity index (χ0) is 20.9. The van der Waals surface area contributed by atoms with Crippen LogP contribution in [0.2, 0.25) is 0 Å². The normalized spacial score (nSPS) is 12.1. The van der Waals surface area contributed by atoms with Crippen LogP contribution in [0.25, 0.3) is 0 Å². The van der Waals surface area contributed by atoms with Crippen LogP contribution in [-0.2, 0) is 19.9 Å². The number of amides is 1. The molecule has 1 amide bonds. The first-order chi connectivity index (χ1) is 13.1. The van der Waals surface area contributed by atoms with Gasteiger partial charge in [0, 0.05) is 25.4 Å². The predicted molar refractivity (Wildman–Crippen MR) is 109 cm³/mol. The highest BCUT2D eigenvalue weighted by Gasteiger charge is 2.21. The van der Waals surface area contributed by atoms with Gasteiger partial charge in [-0.2, -0.15) is 0 Å². The molecule has 1 N–H and O–H groups in total. The quantitative estimate of drug-likeness (QED) is 0.702. The van der Waals surface area contributed by atoms with Gasteiger partial charge in [0.05, 0.1) is 15.5 Å². The van der Waals surface area contributed by atoms with E-state index in [9.17, 15) is 21.6 Å². The number of sulfone groups is 1. The van der Waals surface area contributed by atoms with E-state index < -0.39 is 25.8 Å². The second kappa shape index (κ2) is 8.85. The molecule has 9 heteroatoms. The second-order valence-corrected chi connectivity index (χ2v) is 10.5. The van der Waals surface area contributed by atoms with Crippen molar-refractivity contribution in [1.29, 1.82) is 0 Å². The maximum absolute atomic E-state index is 12.5. The first-order valence-corrected chi connectivity index (χ1v) is 12.1. The molecule has 0 aliphatic heterocycles. The van der Waals surface area contributed by atoms with Crippen molar-refractivity contribution in [2.45, 2.75) is 29.6 Å². The molecule has 0 aliphatic carbocycles. The number of rotatable bonds is 8. The fourth-order valence-electron chi connectivity index (χ4n) is 2.55. The minimum atomic E-state index is -3.62. The van der Waals surface area contributed by atoms with E-state index in [0.29, 0.717) is 6.54 Å². The number of carbonyl (C=O) groups is 1. The SMILES string of the molecule is CCCCN(C)S(=O)(=O)c1ccc(C(=O)Nc2ccccc2S(C)(=O)=O)cc1. The fraction of sp³-hybridized carbons (Fsp3) is 0.316. The molecule has 2 aromatic carbocycles. The van der Waals surface area contributed by atoms with Gasteiger partial charge in [-0.15, -0.1) is 0 Å². The Balaban J connectivity index is 2.22. The van der Waals surface area contributed by atoms with Gasteiger partial charge in [0.1, 0.15) is 0 Å². The van der Waals surface area contributed by atoms with Crippen LogP contribution in [0.5, 0.6) is 0 Å². The number of carbonyl (C=O) groups excluding carboxylic acids is 1. The topological polar surface area (TPSA) is 101 Å². The highest BCUT2D eigenvalue weighted by Crippen LogP contribution is 2.22. The lowest BCUT2D eigenvalue weighted by Crippen LogP contribution is -2.28. The Morgan fingerprint density at radius 3 is 2.18 bits per heavy atom. The Kier molecular flexibility index (Phi) is 6.97. The van der Waals surface area contributed by atoms with E-state index in [1.807, 2.05) is 6.92 Å². The molecule has 0 unspecified atom stereocenters. The minimum Gasteiger partial charge on any atom is -0.321 e. The lowest BCUT2D eigenvalue weighted by Gasteiger charge is -2.17. The highest BCUT2D eigenvalue weighted by molar-refractivity contribution is 7.91. The van der Waals surface area contributed by atoms with Crippen LogP contribution in [0.15, 0.2) is 58.3 Å². The maximum Gasteiger partial charge on any atom is 0.255 e. The van der Waals surface area contributed by atoms with Crippen molar-refractivity contribution in [3.05, 3.63) is 54.1 Å². The molecule has 0 aromatic heterocycles. The van der Waals surface area contributed by atoms with Crippen molar-refractivity contribution in [3.63, 3.8) is 0 Å². The summed E-state index contributed by atoms with van der Waals surface area (Å²) in [6.07, 6.45) is 2.70. The van der Waals surface area contributed by atoms with Crippen LogP contribution in [-0.4, -0.2) is 46.9 Å². The summed E-state index contributed by atoms with van der Waals surface area (Å²) in [6, 6.07) is 11.6. The van der Waals surface area contributed by atoms with Gasteiger partial charge in [-0.1, -0.05) is 25.5 Å². The van der Waals surface area contributed by atoms with Crippen LogP contribution in [0, 0.1) is 0 Å². The van der Waals surface area contributed by atoms with Gasteiger partial charge in [-0.3, -0.25) is 4.79 Å². The summed E-state index contributed by atoms with van der Waals surface area (Å²) < 4.78 is 50.0. The number of hydrogen-bond donors (Lipinski definition) is 1. The molecule has 0 saturated heterocycles. The number of unbranched alkanes of at least 4 members (excludes halogenated alkanes) is 1. The Labute approximate surface area is 166 Å². The lowest BCUT2D eigenvalue weighted by atomic mass is 10.2. The van der Waals surface area contributed by atoms with E-state index in [-0.39, 0.29) is 21.0 Å². The van der Waals surface area contributed by atoms with Gasteiger partial charge >= 0.3 is 0 Å². The molecule has 0 saturated carbocycles. The van der Waals surface area contributed by atoms with Crippen LogP contribution in [0.4, 0.5) is 5.69 Å². The Hall–Kier alpha value is -2.23. The minimum absolute atomic E-state index is 0.0140. The molecule has 2 aromatic rings. The Morgan fingerprint density at radius 2 is 1.61 bits per heavy atom. The molecule has 0 spiro atoms. The third kappa shape index (κ3) is 5.18. The lowest BCUT2D eigenvalue weighted by molar-refractivity contribution is 0.102. The zero-order valence-electron chi connectivity index (χ0n) is 16.0. The number of sulfonamides is 1. The van der Waals surface area contributed by atoms with Crippen molar-refractivity contribution >= 4 is 31.5 Å². The molecule has 152 valence electrons. The first-order valence-electron chi connectivity index (χ1n) is 8.74. The highest BCUT2D eigenvalue weighted by atomic mass is 32.2. The average molecular weight is 425 g/mol. The molecule has 0 atom stereocenters. The van der Waals surface area contributed by atoms with Crippen LogP contribution in [0.1, 0.15) is 30.1 Å². The third-order valence-corrected chi connectivity index (χ3v) is 7.21. The molecule has 0 radical (unpaired) electrons. The second-order valence-electron chi connectivity index (χ2n) is 6.43. The van der Waals surface area contributed by atoms with Crippen molar-refractivity contribution < 1.29 is 21.6 Å². The number of hydrogen-bond acceptors (Lipinski definition) is 5. The van der Waals surface area contributed by atoms with Gasteiger partial charge < -0.3 is 5.32 Å². The van der Waals surface area contributed by atoms with Crippen molar-refractivity contribution in [2.24, 2.45) is 0 Å². The monoisotopic (exact) mass is 424 g/mol. The average Bonchev–Trinajstić information content (AvgIpc) is 2.65. The van der Waals surface area contributed by atoms with Crippen molar-refractivity contribution in [1.82, 2.24) is 4.31 Å². The van der Waals surface area contributed by atoms with Crippen LogP contribution >= 0.6 is 0 Å². The van der Waals surface area contributed by atoms with E-state index in [4.69, 9.17) is 0 Å². The van der Waals surface area contributed by atoms with E-state index >= 15 is 0 Å². The number of nitrogens with one attached hydrogen (secondary N) is 1. The van der Waals surface area contributed by atoms with E-state index in [1.54, 1.807) is 12.1 Å². The fourth-order valence-corrected chi connectivity index (χ4v) is 4.60. The molecule has 0 bridgehead atoms. The molecular weight excluding hydrogens is 400 g/mol. The first kappa shape index (κ1) is 22.1. The molecule has 28 heavy (non-hydrogen) atoms. The van der Waals surface area contributed by atoms with Crippen molar-refractivity contribution in [3.8, 4) is 0 Å². The van der Waals surface area contributed by atoms with E-state index in [1.165, 1.54) is 47.8 Å². The molecule has 0 heterocycles. The predicted octanol–water partition coefficient (Wildman–Crippen LogP) is 2.76. The summed E-state index contributed by atoms with van der Waals surface area (Å²) in [7, 11) is -5.60. The van der Waals surface area contributed by atoms with Gasteiger partial charge in [-0.25, -0.2) is 21.1 Å². The Morgan fingerprint density at radius 1 is 1.00 bits per heavy atom. The van der Waals surface area contributed by atoms with Crippen LogP contribution in [0.3, 0.4) is 0 Å². The van der Waals surface area contributed by atoms with Crippen molar-refractivity contribution in [2.75, 3.05) is 25.2 Å². The van der Waals surface area contributed by atoms with E-state index in [2.05, 4.69) is 5.32 Å². The number of benzene rings is 2. The van der Waals surface area contributed by atoms with E-state index in [0.717, 1.165) is 19.1 Å². The third-order valence-electron chi connectivity index (χ3n) is 4.19. The summed E-state index contributed by atoms with van der Waals surface area (Å²) in [4.78, 5) is 12.6. The molecule has 7 nitrogen and oxygen atoms in total. The summed E-state index contributed by atoms with van der Waals surface area (Å²) >= 11 is 0. The summed E-state index contributed by atoms with van der Waals surface area (Å²) in [6.45, 7) is 2.40. The maximum atomic E-state index is 12.5. The number of nitrogens with zero attached hydrogens (tertiary/aromatic N) is 1. The van der Waals surface area contributed by atoms with Gasteiger partial charge in [0.25, 0.3) is 5.91 Å². The Bertz CT molecular complexity index is 1050. The summed E-state index contributed by atoms with van der Waals surface area (Å²) in [5, 5.41) is 2.56. The standard InChI is InChI=1S/C19H24N2O5S2/c1-4-5-14-21(2)28(25,26)16-12-10-15(11-13-16)19(22)20-17-8-6-7-9-18(17)27(3,23)24/h6-13H,4-5,14H2,1-3H3,(H,20,22). The summed E-state index contributed by atoms with van der Waals surface area (Å²) in [5.74, 6) is -0.528. The molecular formula is C19H24N2O5S2. The molecule has 0 fully saturated rings. The van der Waals surface area contributed by atoms with Gasteiger partial charge in [-0.05, 0) is 42.8 Å². The van der Waals surface area contributed by atoms with Gasteiger partial charge in [0.2, 0.25) is 10.0 Å². The smallest absolute Gasteiger partial charge is 0.255 e. The largest absolute Gasteiger partial charge is 0.321 e. The van der Waals surface area contributed by atoms with Gasteiger partial charge in [0.15, 0.2) is 9.84 Å². The number of anilines is 1. The zero-order valence-corrected chi connectivity index (χ0v) is 17.7. The summed E-state index contributed by atoms with van der Waals surface area (Å²) in [5.41, 5.74) is 0.393. The number of para-hydroxylation sites is 1. The molecule has 0 aliphatic rings. The molecule has 2 rings (SSSR count).